The van der Waals surface area contributed by atoms with Crippen LogP contribution in [0.1, 0.15) is 32.0 Å². The fourth-order valence-electron chi connectivity index (χ4n) is 3.64. The zero-order valence-corrected chi connectivity index (χ0v) is 19.7. The van der Waals surface area contributed by atoms with Crippen LogP contribution in [0.5, 0.6) is 0 Å². The van der Waals surface area contributed by atoms with E-state index < -0.39 is 0 Å². The molecule has 170 valence electrons. The lowest BCUT2D eigenvalue weighted by Crippen LogP contribution is -2.53. The molecule has 3 heterocycles. The van der Waals surface area contributed by atoms with Crippen molar-refractivity contribution >= 4 is 41.2 Å². The van der Waals surface area contributed by atoms with Gasteiger partial charge in [-0.05, 0) is 24.0 Å². The van der Waals surface area contributed by atoms with Crippen molar-refractivity contribution in [1.82, 2.24) is 20.3 Å². The van der Waals surface area contributed by atoms with Crippen molar-refractivity contribution in [1.29, 1.82) is 5.41 Å². The number of carbonyl (C=O) groups is 1. The molecular weight excluding hydrogens is 428 g/mol. The van der Waals surface area contributed by atoms with E-state index in [0.29, 0.717) is 41.4 Å². The third kappa shape index (κ3) is 5.34. The van der Waals surface area contributed by atoms with Gasteiger partial charge in [0.15, 0.2) is 5.82 Å². The molecule has 0 fully saturated rings. The smallest absolute Gasteiger partial charge is 0.247 e. The predicted octanol–water partition coefficient (Wildman–Crippen LogP) is 3.37. The second-order valence-corrected chi connectivity index (χ2v) is 9.17. The summed E-state index contributed by atoms with van der Waals surface area (Å²) in [6, 6.07) is 3.28. The van der Waals surface area contributed by atoms with Crippen LogP contribution in [-0.2, 0) is 11.3 Å². The fraction of sp³-hybridized carbons (Fsp3) is 0.409. The van der Waals surface area contributed by atoms with E-state index in [9.17, 15) is 4.79 Å². The van der Waals surface area contributed by atoms with Gasteiger partial charge in [0, 0.05) is 44.3 Å². The number of fused-ring (bicyclic) bond motifs is 1. The van der Waals surface area contributed by atoms with E-state index in [4.69, 9.17) is 17.0 Å². The molecule has 32 heavy (non-hydrogen) atoms. The number of nitrogens with zero attached hydrogens (tertiary/aromatic N) is 4. The molecule has 0 bridgehead atoms. The molecule has 3 rings (SSSR count). The van der Waals surface area contributed by atoms with Gasteiger partial charge in [0.1, 0.15) is 16.9 Å². The van der Waals surface area contributed by atoms with Crippen LogP contribution in [0.3, 0.4) is 0 Å². The quantitative estimate of drug-likeness (QED) is 0.372. The Labute approximate surface area is 193 Å². The Kier molecular flexibility index (Phi) is 6.98. The molecule has 1 aliphatic heterocycles. The summed E-state index contributed by atoms with van der Waals surface area (Å²) in [5.41, 5.74) is 2.75. The second kappa shape index (κ2) is 9.52. The molecule has 2 aromatic rings. The standard InChI is InChI=1S/C22H29ClN8O/c1-13-17-19(31(5)18(20(32)29-17)22(2,3)4)30-21(28-13)27-12-15(8-24)10-25-9-14-6-7-16(23)26-11-14/h6-8,10-11,18,24-25H,9,12H2,1-5H3,(H,29,32)(H,27,28,30)/b15-10+,24-8?/t18-/m1/s1. The van der Waals surface area contributed by atoms with E-state index in [1.54, 1.807) is 18.5 Å². The molecular formula is C22H29ClN8O. The molecule has 4 N–H and O–H groups in total. The fourth-order valence-corrected chi connectivity index (χ4v) is 3.75. The first-order valence-corrected chi connectivity index (χ1v) is 10.7. The number of likely N-dealkylation sites (N-methyl/N-ethyl adjacent to an activating group) is 1. The number of hydrogen-bond donors (Lipinski definition) is 4. The number of amides is 1. The van der Waals surface area contributed by atoms with E-state index in [1.807, 2.05) is 45.7 Å². The Balaban J connectivity index is 1.70. The third-order valence-corrected chi connectivity index (χ3v) is 5.35. The van der Waals surface area contributed by atoms with Gasteiger partial charge in [0.05, 0.1) is 5.69 Å². The Morgan fingerprint density at radius 2 is 2.09 bits per heavy atom. The minimum Gasteiger partial charge on any atom is -0.386 e. The van der Waals surface area contributed by atoms with E-state index in [1.165, 1.54) is 6.21 Å². The minimum atomic E-state index is -0.347. The summed E-state index contributed by atoms with van der Waals surface area (Å²) in [5.74, 6) is 1.05. The van der Waals surface area contributed by atoms with Crippen LogP contribution < -0.4 is 20.9 Å². The molecule has 10 heteroatoms. The average molecular weight is 457 g/mol. The van der Waals surface area contributed by atoms with Gasteiger partial charge in [-0.1, -0.05) is 38.4 Å². The molecule has 0 saturated heterocycles. The highest BCUT2D eigenvalue weighted by atomic mass is 35.5. The van der Waals surface area contributed by atoms with Crippen molar-refractivity contribution in [2.45, 2.75) is 40.3 Å². The van der Waals surface area contributed by atoms with E-state index >= 15 is 0 Å². The lowest BCUT2D eigenvalue weighted by Gasteiger charge is -2.41. The van der Waals surface area contributed by atoms with Crippen LogP contribution in [0.15, 0.2) is 30.1 Å². The number of carbonyl (C=O) groups excluding carboxylic acids is 1. The number of pyridine rings is 1. The first-order chi connectivity index (χ1) is 15.1. The Morgan fingerprint density at radius 1 is 1.34 bits per heavy atom. The van der Waals surface area contributed by atoms with Crippen LogP contribution in [0.25, 0.3) is 0 Å². The largest absolute Gasteiger partial charge is 0.386 e. The molecule has 1 aliphatic rings. The molecule has 0 saturated carbocycles. The summed E-state index contributed by atoms with van der Waals surface area (Å²) >= 11 is 5.80. The van der Waals surface area contributed by atoms with Crippen molar-refractivity contribution < 1.29 is 4.79 Å². The Bertz CT molecular complexity index is 1030. The highest BCUT2D eigenvalue weighted by Gasteiger charge is 2.40. The van der Waals surface area contributed by atoms with Crippen LogP contribution in [0.4, 0.5) is 17.5 Å². The minimum absolute atomic E-state index is 0.0594. The van der Waals surface area contributed by atoms with Crippen LogP contribution >= 0.6 is 11.6 Å². The molecule has 1 atom stereocenters. The number of aromatic nitrogens is 3. The summed E-state index contributed by atoms with van der Waals surface area (Å²) < 4.78 is 0. The predicted molar refractivity (Wildman–Crippen MR) is 128 cm³/mol. The molecule has 0 aromatic carbocycles. The normalized spacial score (nSPS) is 16.3. The average Bonchev–Trinajstić information content (AvgIpc) is 2.72. The van der Waals surface area contributed by atoms with Crippen molar-refractivity contribution in [3.05, 3.63) is 46.5 Å². The first kappa shape index (κ1) is 23.5. The maximum Gasteiger partial charge on any atom is 0.247 e. The maximum atomic E-state index is 12.7. The van der Waals surface area contributed by atoms with Gasteiger partial charge in [0.2, 0.25) is 11.9 Å². The number of aryl methyl sites for hydroxylation is 1. The SMILES string of the molecule is Cc1nc(NC/C(C=N)=C/NCc2ccc(Cl)nc2)nc2c1NC(=O)[C@H](C(C)(C)C)N2C. The Morgan fingerprint density at radius 3 is 2.72 bits per heavy atom. The van der Waals surface area contributed by atoms with Gasteiger partial charge in [0.25, 0.3) is 0 Å². The summed E-state index contributed by atoms with van der Waals surface area (Å²) in [5, 5.41) is 17.4. The molecule has 1 amide bonds. The third-order valence-electron chi connectivity index (χ3n) is 5.13. The van der Waals surface area contributed by atoms with E-state index in [0.717, 1.165) is 11.1 Å². The van der Waals surface area contributed by atoms with E-state index in [-0.39, 0.29) is 17.4 Å². The monoisotopic (exact) mass is 456 g/mol. The maximum absolute atomic E-state index is 12.7. The summed E-state index contributed by atoms with van der Waals surface area (Å²) in [6.45, 7) is 8.86. The highest BCUT2D eigenvalue weighted by Crippen LogP contribution is 2.37. The van der Waals surface area contributed by atoms with Gasteiger partial charge in [-0.3, -0.25) is 4.79 Å². The van der Waals surface area contributed by atoms with Crippen molar-refractivity contribution in [3.63, 3.8) is 0 Å². The van der Waals surface area contributed by atoms with Gasteiger partial charge < -0.3 is 26.3 Å². The van der Waals surface area contributed by atoms with E-state index in [2.05, 4.69) is 30.9 Å². The first-order valence-electron chi connectivity index (χ1n) is 10.3. The zero-order valence-electron chi connectivity index (χ0n) is 19.0. The van der Waals surface area contributed by atoms with Crippen molar-refractivity contribution in [2.75, 3.05) is 29.1 Å². The van der Waals surface area contributed by atoms with Gasteiger partial charge >= 0.3 is 0 Å². The van der Waals surface area contributed by atoms with Crippen LogP contribution in [0, 0.1) is 17.7 Å². The summed E-state index contributed by atoms with van der Waals surface area (Å²) in [4.78, 5) is 27.7. The molecule has 0 spiro atoms. The molecule has 0 unspecified atom stereocenters. The topological polar surface area (TPSA) is 119 Å². The highest BCUT2D eigenvalue weighted by molar-refractivity contribution is 6.29. The van der Waals surface area contributed by atoms with Crippen LogP contribution in [-0.4, -0.2) is 46.7 Å². The van der Waals surface area contributed by atoms with Gasteiger partial charge in [-0.15, -0.1) is 0 Å². The number of anilines is 3. The molecule has 2 aromatic heterocycles. The number of hydrogen-bond acceptors (Lipinski definition) is 8. The molecule has 0 aliphatic carbocycles. The number of rotatable bonds is 7. The number of nitrogens with one attached hydrogen (secondary N) is 4. The van der Waals surface area contributed by atoms with Crippen molar-refractivity contribution in [3.8, 4) is 0 Å². The molecule has 9 nitrogen and oxygen atoms in total. The zero-order chi connectivity index (χ0) is 23.5. The van der Waals surface area contributed by atoms with Gasteiger partial charge in [-0.25, -0.2) is 9.97 Å². The summed E-state index contributed by atoms with van der Waals surface area (Å²) in [7, 11) is 1.88. The number of halogens is 1. The second-order valence-electron chi connectivity index (χ2n) is 8.79. The van der Waals surface area contributed by atoms with Gasteiger partial charge in [-0.2, -0.15) is 4.98 Å². The lowest BCUT2D eigenvalue weighted by molar-refractivity contribution is -0.119. The van der Waals surface area contributed by atoms with Crippen LogP contribution in [0.2, 0.25) is 5.15 Å². The molecule has 0 radical (unpaired) electrons. The summed E-state index contributed by atoms with van der Waals surface area (Å²) in [6.07, 6.45) is 4.74. The lowest BCUT2D eigenvalue weighted by atomic mass is 9.84. The Hall–Kier alpha value is -3.20. The van der Waals surface area contributed by atoms with Crippen molar-refractivity contribution in [2.24, 2.45) is 5.41 Å².